The van der Waals surface area contributed by atoms with E-state index in [-0.39, 0.29) is 17.6 Å². The molecule has 0 radical (unpaired) electrons. The maximum atomic E-state index is 12.6. The normalized spacial score (nSPS) is 13.3. The molecule has 0 bridgehead atoms. The van der Waals surface area contributed by atoms with Crippen LogP contribution in [0, 0.1) is 0 Å². The average Bonchev–Trinajstić information content (AvgIpc) is 3.30. The molecule has 26 heavy (non-hydrogen) atoms. The fraction of sp³-hybridized carbons (Fsp3) is 0.167. The molecule has 1 aliphatic heterocycles. The number of nitrogens with one attached hydrogen (secondary N) is 1. The summed E-state index contributed by atoms with van der Waals surface area (Å²) < 4.78 is 5.08. The molecule has 2 aromatic heterocycles. The Morgan fingerprint density at radius 2 is 2.04 bits per heavy atom. The summed E-state index contributed by atoms with van der Waals surface area (Å²) in [5.41, 5.74) is 1.53. The zero-order valence-electron chi connectivity index (χ0n) is 13.6. The average molecular weight is 388 g/mol. The van der Waals surface area contributed by atoms with Crippen molar-refractivity contribution in [3.63, 3.8) is 0 Å². The topological polar surface area (TPSA) is 75.4 Å². The number of hydrogen-bond donors (Lipinski definition) is 1. The Morgan fingerprint density at radius 1 is 1.23 bits per heavy atom. The largest absolute Gasteiger partial charge is 0.459 e. The molecular formula is C18H14ClN3O3S. The highest BCUT2D eigenvalue weighted by Gasteiger charge is 2.25. The second kappa shape index (κ2) is 6.93. The molecule has 2 amide bonds. The van der Waals surface area contributed by atoms with E-state index in [2.05, 4.69) is 10.3 Å². The first-order valence-corrected chi connectivity index (χ1v) is 9.18. The smallest absolute Gasteiger partial charge is 0.293 e. The van der Waals surface area contributed by atoms with Gasteiger partial charge >= 0.3 is 0 Å². The van der Waals surface area contributed by atoms with Crippen LogP contribution in [-0.4, -0.2) is 28.2 Å². The van der Waals surface area contributed by atoms with Gasteiger partial charge in [0, 0.05) is 28.4 Å². The first kappa shape index (κ1) is 16.8. The van der Waals surface area contributed by atoms with Crippen LogP contribution in [0.2, 0.25) is 5.02 Å². The second-order valence-corrected chi connectivity index (χ2v) is 7.32. The number of fused-ring (bicyclic) bond motifs is 1. The number of rotatable bonds is 3. The lowest BCUT2D eigenvalue weighted by Crippen LogP contribution is -2.35. The number of anilines is 1. The Hall–Kier alpha value is -2.64. The zero-order chi connectivity index (χ0) is 18.1. The highest BCUT2D eigenvalue weighted by molar-refractivity contribution is 7.15. The number of nitrogens with zero attached hydrogens (tertiary/aromatic N) is 2. The minimum Gasteiger partial charge on any atom is -0.459 e. The van der Waals surface area contributed by atoms with Crippen LogP contribution < -0.4 is 5.32 Å². The van der Waals surface area contributed by atoms with Crippen molar-refractivity contribution in [1.29, 1.82) is 0 Å². The molecule has 0 saturated heterocycles. The Balaban J connectivity index is 1.47. The van der Waals surface area contributed by atoms with Crippen molar-refractivity contribution in [1.82, 2.24) is 9.88 Å². The van der Waals surface area contributed by atoms with Gasteiger partial charge in [-0.1, -0.05) is 22.9 Å². The highest BCUT2D eigenvalue weighted by Crippen LogP contribution is 2.29. The molecule has 0 atom stereocenters. The van der Waals surface area contributed by atoms with Crippen molar-refractivity contribution in [3.05, 3.63) is 69.6 Å². The van der Waals surface area contributed by atoms with Gasteiger partial charge in [-0.15, -0.1) is 0 Å². The Kier molecular flexibility index (Phi) is 4.48. The van der Waals surface area contributed by atoms with Crippen molar-refractivity contribution in [2.45, 2.75) is 13.0 Å². The molecule has 0 saturated carbocycles. The third-order valence-corrected chi connectivity index (χ3v) is 5.32. The Bertz CT molecular complexity index is 951. The SMILES string of the molecule is O=C(Nc1nc2c(s1)CN(C(=O)c1ccc(Cl)cc1)CC2)c1ccco1. The van der Waals surface area contributed by atoms with Crippen molar-refractivity contribution in [2.75, 3.05) is 11.9 Å². The standard InChI is InChI=1S/C18H14ClN3O3S/c19-12-5-3-11(4-6-12)17(24)22-8-7-13-15(10-22)26-18(20-13)21-16(23)14-2-1-9-25-14/h1-6,9H,7-8,10H2,(H,20,21,23). The van der Waals surface area contributed by atoms with E-state index < -0.39 is 0 Å². The molecule has 132 valence electrons. The Labute approximate surface area is 158 Å². The van der Waals surface area contributed by atoms with Crippen LogP contribution in [-0.2, 0) is 13.0 Å². The maximum Gasteiger partial charge on any atom is 0.293 e. The van der Waals surface area contributed by atoms with E-state index in [9.17, 15) is 9.59 Å². The summed E-state index contributed by atoms with van der Waals surface area (Å²) in [6, 6.07) is 10.1. The van der Waals surface area contributed by atoms with Gasteiger partial charge in [0.1, 0.15) is 0 Å². The summed E-state index contributed by atoms with van der Waals surface area (Å²) >= 11 is 7.26. The van der Waals surface area contributed by atoms with E-state index in [4.69, 9.17) is 16.0 Å². The van der Waals surface area contributed by atoms with Gasteiger partial charge in [0.25, 0.3) is 11.8 Å². The van der Waals surface area contributed by atoms with Gasteiger partial charge in [-0.25, -0.2) is 4.98 Å². The van der Waals surface area contributed by atoms with Crippen molar-refractivity contribution >= 4 is 39.9 Å². The van der Waals surface area contributed by atoms with E-state index in [1.165, 1.54) is 17.6 Å². The van der Waals surface area contributed by atoms with Crippen LogP contribution >= 0.6 is 22.9 Å². The van der Waals surface area contributed by atoms with E-state index >= 15 is 0 Å². The van der Waals surface area contributed by atoms with E-state index in [1.807, 2.05) is 0 Å². The molecule has 0 unspecified atom stereocenters. The third-order valence-electron chi connectivity index (χ3n) is 4.08. The van der Waals surface area contributed by atoms with Gasteiger partial charge in [0.05, 0.1) is 18.5 Å². The van der Waals surface area contributed by atoms with Gasteiger partial charge in [-0.3, -0.25) is 14.9 Å². The second-order valence-electron chi connectivity index (χ2n) is 5.80. The van der Waals surface area contributed by atoms with E-state index in [0.29, 0.717) is 35.2 Å². The molecule has 0 fully saturated rings. The molecule has 1 aromatic carbocycles. The molecule has 1 N–H and O–H groups in total. The summed E-state index contributed by atoms with van der Waals surface area (Å²) in [7, 11) is 0. The summed E-state index contributed by atoms with van der Waals surface area (Å²) in [5.74, 6) is -0.144. The molecule has 6 nitrogen and oxygen atoms in total. The van der Waals surface area contributed by atoms with Gasteiger partial charge < -0.3 is 9.32 Å². The summed E-state index contributed by atoms with van der Waals surface area (Å²) in [5, 5.41) is 3.85. The summed E-state index contributed by atoms with van der Waals surface area (Å²) in [6.07, 6.45) is 2.10. The molecule has 1 aliphatic rings. The van der Waals surface area contributed by atoms with Crippen LogP contribution in [0.4, 0.5) is 5.13 Å². The first-order valence-electron chi connectivity index (χ1n) is 7.98. The lowest BCUT2D eigenvalue weighted by atomic mass is 10.1. The van der Waals surface area contributed by atoms with Gasteiger partial charge in [0.2, 0.25) is 0 Å². The maximum absolute atomic E-state index is 12.6. The van der Waals surface area contributed by atoms with Gasteiger partial charge in [0.15, 0.2) is 10.9 Å². The molecular weight excluding hydrogens is 374 g/mol. The van der Waals surface area contributed by atoms with Crippen LogP contribution in [0.5, 0.6) is 0 Å². The number of carbonyl (C=O) groups excluding carboxylic acids is 2. The fourth-order valence-corrected chi connectivity index (χ4v) is 3.91. The minimum absolute atomic E-state index is 0.0399. The van der Waals surface area contributed by atoms with Gasteiger partial charge in [-0.2, -0.15) is 0 Å². The van der Waals surface area contributed by atoms with Crippen molar-refractivity contribution in [3.8, 4) is 0 Å². The quantitative estimate of drug-likeness (QED) is 0.740. The van der Waals surface area contributed by atoms with Crippen LogP contribution in [0.1, 0.15) is 31.5 Å². The first-order chi connectivity index (χ1) is 12.6. The summed E-state index contributed by atoms with van der Waals surface area (Å²) in [6.45, 7) is 1.06. The minimum atomic E-state index is -0.338. The number of halogens is 1. The van der Waals surface area contributed by atoms with Crippen molar-refractivity contribution in [2.24, 2.45) is 0 Å². The number of hydrogen-bond acceptors (Lipinski definition) is 5. The molecule has 3 aromatic rings. The lowest BCUT2D eigenvalue weighted by Gasteiger charge is -2.26. The van der Waals surface area contributed by atoms with Crippen LogP contribution in [0.25, 0.3) is 0 Å². The van der Waals surface area contributed by atoms with Crippen LogP contribution in [0.3, 0.4) is 0 Å². The molecule has 3 heterocycles. The molecule has 0 spiro atoms. The molecule has 0 aliphatic carbocycles. The lowest BCUT2D eigenvalue weighted by molar-refractivity contribution is 0.0736. The van der Waals surface area contributed by atoms with E-state index in [0.717, 1.165) is 10.6 Å². The summed E-state index contributed by atoms with van der Waals surface area (Å²) in [4.78, 5) is 31.9. The zero-order valence-corrected chi connectivity index (χ0v) is 15.1. The number of thiazole rings is 1. The number of carbonyl (C=O) groups is 2. The van der Waals surface area contributed by atoms with Crippen LogP contribution in [0.15, 0.2) is 47.1 Å². The number of furan rings is 1. The third kappa shape index (κ3) is 3.36. The monoisotopic (exact) mass is 387 g/mol. The van der Waals surface area contributed by atoms with Crippen molar-refractivity contribution < 1.29 is 14.0 Å². The predicted molar refractivity (Wildman–Crippen MR) is 98.7 cm³/mol. The highest BCUT2D eigenvalue weighted by atomic mass is 35.5. The molecule has 8 heteroatoms. The number of amides is 2. The number of benzene rings is 1. The predicted octanol–water partition coefficient (Wildman–Crippen LogP) is 3.84. The Morgan fingerprint density at radius 3 is 2.77 bits per heavy atom. The molecule has 4 rings (SSSR count). The fourth-order valence-electron chi connectivity index (χ4n) is 2.76. The van der Waals surface area contributed by atoms with E-state index in [1.54, 1.807) is 41.3 Å². The number of aromatic nitrogens is 1. The van der Waals surface area contributed by atoms with Gasteiger partial charge in [-0.05, 0) is 36.4 Å².